The molecule has 23 heavy (non-hydrogen) atoms. The second-order valence-electron chi connectivity index (χ2n) is 5.49. The Hall–Kier alpha value is -2.96. The van der Waals surface area contributed by atoms with Crippen LogP contribution in [0, 0.1) is 5.82 Å². The molecule has 2 amide bonds. The molecule has 0 spiro atoms. The maximum atomic E-state index is 13.3. The molecule has 3 heterocycles. The van der Waals surface area contributed by atoms with Gasteiger partial charge in [0.25, 0.3) is 11.8 Å². The highest BCUT2D eigenvalue weighted by Gasteiger charge is 2.29. The molecule has 0 atom stereocenters. The highest BCUT2D eigenvalue weighted by Crippen LogP contribution is 2.24. The number of H-pyrrole nitrogens is 1. The van der Waals surface area contributed by atoms with E-state index in [0.717, 1.165) is 12.1 Å². The number of halogens is 1. The minimum Gasteiger partial charge on any atom is -0.357 e. The molecule has 2 aliphatic heterocycles. The molecular weight excluding hydrogens is 299 g/mol. The van der Waals surface area contributed by atoms with Crippen LogP contribution in [0.15, 0.2) is 35.4 Å². The van der Waals surface area contributed by atoms with Crippen LogP contribution in [0.2, 0.25) is 0 Å². The molecule has 0 aliphatic carbocycles. The fraction of sp³-hybridized carbons (Fsp3) is 0.188. The zero-order valence-corrected chi connectivity index (χ0v) is 12.1. The summed E-state index contributed by atoms with van der Waals surface area (Å²) in [4.78, 5) is 27.1. The summed E-state index contributed by atoms with van der Waals surface area (Å²) in [6.07, 6.45) is 0.827. The number of carbonyl (C=O) groups excluding carboxylic acids is 2. The SMILES string of the molecule is O=C1NCCc2[nH]c(C3=NN(c4cccc(F)c4)C(=O)C3)cc21. The van der Waals surface area contributed by atoms with E-state index >= 15 is 0 Å². The number of aromatic amines is 1. The van der Waals surface area contributed by atoms with Crippen LogP contribution in [0.3, 0.4) is 0 Å². The average Bonchev–Trinajstić information content (AvgIpc) is 3.11. The standard InChI is InChI=1S/C16H13FN4O2/c17-9-2-1-3-10(6-9)21-15(22)8-14(20-21)13-7-11-12(19-13)4-5-18-16(11)23/h1-3,6-7,19H,4-5,8H2,(H,18,23). The fourth-order valence-corrected chi connectivity index (χ4v) is 2.84. The van der Waals surface area contributed by atoms with Crippen LogP contribution < -0.4 is 10.3 Å². The van der Waals surface area contributed by atoms with Crippen molar-refractivity contribution in [1.29, 1.82) is 0 Å². The number of amides is 2. The molecule has 0 saturated carbocycles. The fourth-order valence-electron chi connectivity index (χ4n) is 2.84. The van der Waals surface area contributed by atoms with Crippen molar-refractivity contribution in [3.05, 3.63) is 53.1 Å². The van der Waals surface area contributed by atoms with Gasteiger partial charge in [0.1, 0.15) is 5.82 Å². The number of hydrogen-bond donors (Lipinski definition) is 2. The first-order valence-electron chi connectivity index (χ1n) is 7.28. The Balaban J connectivity index is 1.69. The zero-order chi connectivity index (χ0) is 16.0. The number of rotatable bonds is 2. The number of anilines is 1. The molecule has 0 unspecified atom stereocenters. The van der Waals surface area contributed by atoms with Crippen LogP contribution in [0.25, 0.3) is 0 Å². The first kappa shape index (κ1) is 13.7. The molecule has 0 saturated heterocycles. The lowest BCUT2D eigenvalue weighted by Crippen LogP contribution is -2.31. The summed E-state index contributed by atoms with van der Waals surface area (Å²) in [6, 6.07) is 7.44. The minimum atomic E-state index is -0.425. The van der Waals surface area contributed by atoms with Crippen LogP contribution in [0.1, 0.15) is 28.2 Å². The molecule has 1 aromatic carbocycles. The highest BCUT2D eigenvalue weighted by atomic mass is 19.1. The van der Waals surface area contributed by atoms with E-state index in [0.29, 0.717) is 29.2 Å². The van der Waals surface area contributed by atoms with Crippen molar-refractivity contribution in [3.8, 4) is 0 Å². The van der Waals surface area contributed by atoms with Crippen LogP contribution in [0.4, 0.5) is 10.1 Å². The lowest BCUT2D eigenvalue weighted by atomic mass is 10.1. The highest BCUT2D eigenvalue weighted by molar-refractivity contribution is 6.19. The predicted octanol–water partition coefficient (Wildman–Crippen LogP) is 1.58. The number of hydrogen-bond acceptors (Lipinski definition) is 3. The van der Waals surface area contributed by atoms with Gasteiger partial charge < -0.3 is 10.3 Å². The minimum absolute atomic E-state index is 0.109. The van der Waals surface area contributed by atoms with Gasteiger partial charge in [-0.2, -0.15) is 10.1 Å². The lowest BCUT2D eigenvalue weighted by Gasteiger charge is -2.11. The first-order chi connectivity index (χ1) is 11.1. The van der Waals surface area contributed by atoms with Crippen molar-refractivity contribution >= 4 is 23.2 Å². The Kier molecular flexibility index (Phi) is 3.00. The topological polar surface area (TPSA) is 77.6 Å². The molecule has 0 radical (unpaired) electrons. The third-order valence-electron chi connectivity index (χ3n) is 3.94. The second-order valence-corrected chi connectivity index (χ2v) is 5.49. The molecule has 7 heteroatoms. The summed E-state index contributed by atoms with van der Waals surface area (Å²) < 4.78 is 13.3. The molecule has 6 nitrogen and oxygen atoms in total. The third kappa shape index (κ3) is 2.30. The average molecular weight is 312 g/mol. The number of nitrogens with zero attached hydrogens (tertiary/aromatic N) is 2. The maximum Gasteiger partial charge on any atom is 0.253 e. The third-order valence-corrected chi connectivity index (χ3v) is 3.94. The van der Waals surface area contributed by atoms with Crippen molar-refractivity contribution in [2.75, 3.05) is 11.6 Å². The maximum absolute atomic E-state index is 13.3. The summed E-state index contributed by atoms with van der Waals surface area (Å²) >= 11 is 0. The van der Waals surface area contributed by atoms with Crippen molar-refractivity contribution in [2.24, 2.45) is 5.10 Å². The molecule has 0 bridgehead atoms. The Morgan fingerprint density at radius 1 is 1.22 bits per heavy atom. The van der Waals surface area contributed by atoms with E-state index in [-0.39, 0.29) is 18.2 Å². The Morgan fingerprint density at radius 3 is 2.87 bits per heavy atom. The summed E-state index contributed by atoms with van der Waals surface area (Å²) in [7, 11) is 0. The zero-order valence-electron chi connectivity index (χ0n) is 12.1. The van der Waals surface area contributed by atoms with Crippen LogP contribution in [-0.4, -0.2) is 29.1 Å². The lowest BCUT2D eigenvalue weighted by molar-refractivity contribution is -0.116. The number of fused-ring (bicyclic) bond motifs is 1. The van der Waals surface area contributed by atoms with Crippen LogP contribution in [-0.2, 0) is 11.2 Å². The van der Waals surface area contributed by atoms with Gasteiger partial charge in [0.2, 0.25) is 0 Å². The number of benzene rings is 1. The van der Waals surface area contributed by atoms with Gasteiger partial charge in [0.15, 0.2) is 0 Å². The number of carbonyl (C=O) groups is 2. The van der Waals surface area contributed by atoms with E-state index in [1.54, 1.807) is 12.1 Å². The number of aromatic nitrogens is 1. The molecule has 4 rings (SSSR count). The monoisotopic (exact) mass is 312 g/mol. The van der Waals surface area contributed by atoms with E-state index in [1.807, 2.05) is 0 Å². The van der Waals surface area contributed by atoms with Gasteiger partial charge in [-0.05, 0) is 24.3 Å². The summed E-state index contributed by atoms with van der Waals surface area (Å²) in [5.74, 6) is -0.783. The van der Waals surface area contributed by atoms with Crippen molar-refractivity contribution in [1.82, 2.24) is 10.3 Å². The summed E-state index contributed by atoms with van der Waals surface area (Å²) in [5.41, 5.74) is 3.02. The van der Waals surface area contributed by atoms with Gasteiger partial charge in [-0.25, -0.2) is 4.39 Å². The Morgan fingerprint density at radius 2 is 2.09 bits per heavy atom. The summed E-state index contributed by atoms with van der Waals surface area (Å²) in [5, 5.41) is 8.26. The smallest absolute Gasteiger partial charge is 0.253 e. The van der Waals surface area contributed by atoms with Crippen LogP contribution in [0.5, 0.6) is 0 Å². The summed E-state index contributed by atoms with van der Waals surface area (Å²) in [6.45, 7) is 0.590. The van der Waals surface area contributed by atoms with Crippen molar-refractivity contribution in [2.45, 2.75) is 12.8 Å². The largest absolute Gasteiger partial charge is 0.357 e. The van der Waals surface area contributed by atoms with Gasteiger partial charge in [0.05, 0.1) is 29.1 Å². The van der Waals surface area contributed by atoms with Gasteiger partial charge in [-0.1, -0.05) is 6.07 Å². The van der Waals surface area contributed by atoms with E-state index in [4.69, 9.17) is 0 Å². The van der Waals surface area contributed by atoms with Crippen molar-refractivity contribution in [3.63, 3.8) is 0 Å². The van der Waals surface area contributed by atoms with Crippen LogP contribution >= 0.6 is 0 Å². The van der Waals surface area contributed by atoms with Gasteiger partial charge >= 0.3 is 0 Å². The Bertz CT molecular complexity index is 856. The molecular formula is C16H13FN4O2. The van der Waals surface area contributed by atoms with E-state index in [9.17, 15) is 14.0 Å². The van der Waals surface area contributed by atoms with E-state index < -0.39 is 5.82 Å². The molecule has 0 fully saturated rings. The Labute approximate surface area is 131 Å². The molecule has 116 valence electrons. The van der Waals surface area contributed by atoms with Gasteiger partial charge in [-0.3, -0.25) is 9.59 Å². The number of nitrogens with one attached hydrogen (secondary N) is 2. The van der Waals surface area contributed by atoms with Gasteiger partial charge in [-0.15, -0.1) is 0 Å². The molecule has 1 aromatic heterocycles. The molecule has 2 aromatic rings. The van der Waals surface area contributed by atoms with Crippen molar-refractivity contribution < 1.29 is 14.0 Å². The molecule has 2 aliphatic rings. The normalized spacial score (nSPS) is 17.1. The predicted molar refractivity (Wildman–Crippen MR) is 81.9 cm³/mol. The second kappa shape index (κ2) is 5.05. The van der Waals surface area contributed by atoms with E-state index in [2.05, 4.69) is 15.4 Å². The number of hydrazone groups is 1. The quantitative estimate of drug-likeness (QED) is 0.883. The molecule has 2 N–H and O–H groups in total. The van der Waals surface area contributed by atoms with Gasteiger partial charge in [0, 0.05) is 18.7 Å². The van der Waals surface area contributed by atoms with E-state index in [1.165, 1.54) is 23.2 Å². The first-order valence-corrected chi connectivity index (χ1v) is 7.28.